The molecule has 1 rings (SSSR count). The fourth-order valence-corrected chi connectivity index (χ4v) is 1.92. The molecule has 15 heavy (non-hydrogen) atoms. The van der Waals surface area contributed by atoms with Crippen molar-refractivity contribution in [3.05, 3.63) is 0 Å². The summed E-state index contributed by atoms with van der Waals surface area (Å²) in [6.45, 7) is 2.90. The first kappa shape index (κ1) is 12.7. The van der Waals surface area contributed by atoms with Gasteiger partial charge in [-0.05, 0) is 6.42 Å². The summed E-state index contributed by atoms with van der Waals surface area (Å²) in [4.78, 5) is 10.6. The summed E-state index contributed by atoms with van der Waals surface area (Å²) >= 11 is 0. The molecule has 1 heterocycles. The van der Waals surface area contributed by atoms with E-state index in [9.17, 15) is 4.79 Å². The second kappa shape index (κ2) is 7.00. The van der Waals surface area contributed by atoms with Crippen LogP contribution in [0.5, 0.6) is 0 Å². The Morgan fingerprint density at radius 1 is 1.07 bits per heavy atom. The van der Waals surface area contributed by atoms with Crippen molar-refractivity contribution in [2.45, 2.75) is 70.3 Å². The summed E-state index contributed by atoms with van der Waals surface area (Å²) in [5.74, 6) is 0. The van der Waals surface area contributed by atoms with Crippen molar-refractivity contribution in [2.24, 2.45) is 0 Å². The van der Waals surface area contributed by atoms with Gasteiger partial charge in [-0.2, -0.15) is 0 Å². The predicted octanol–water partition coefficient (Wildman–Crippen LogP) is 3.49. The summed E-state index contributed by atoms with van der Waals surface area (Å²) in [5.41, 5.74) is -0.345. The molecule has 1 atom stereocenters. The molecule has 0 saturated carbocycles. The molecule has 0 aliphatic carbocycles. The minimum Gasteiger partial charge on any atom is -0.362 e. The number of ether oxygens (including phenoxy) is 1. The van der Waals surface area contributed by atoms with Gasteiger partial charge in [0.1, 0.15) is 5.60 Å². The van der Waals surface area contributed by atoms with Gasteiger partial charge < -0.3 is 9.53 Å². The van der Waals surface area contributed by atoms with Crippen LogP contribution >= 0.6 is 0 Å². The van der Waals surface area contributed by atoms with Crippen LogP contribution in [0, 0.1) is 0 Å². The van der Waals surface area contributed by atoms with E-state index in [2.05, 4.69) is 6.92 Å². The lowest BCUT2D eigenvalue weighted by atomic mass is 10.0. The molecule has 2 nitrogen and oxygen atoms in total. The van der Waals surface area contributed by atoms with Crippen molar-refractivity contribution in [3.8, 4) is 0 Å². The molecule has 0 aromatic heterocycles. The molecule has 0 aromatic carbocycles. The molecule has 88 valence electrons. The fraction of sp³-hybridized carbons (Fsp3) is 0.923. The maximum atomic E-state index is 10.6. The highest BCUT2D eigenvalue weighted by Gasteiger charge is 2.43. The van der Waals surface area contributed by atoms with Crippen LogP contribution < -0.4 is 0 Å². The third kappa shape index (κ3) is 5.31. The van der Waals surface area contributed by atoms with Crippen LogP contribution in [0.25, 0.3) is 0 Å². The first-order valence-corrected chi connectivity index (χ1v) is 6.43. The van der Waals surface area contributed by atoms with Crippen LogP contribution in [-0.2, 0) is 9.53 Å². The Morgan fingerprint density at radius 2 is 1.60 bits per heavy atom. The standard InChI is InChI=1S/C13H24O2/c1-2-3-4-5-6-7-8-9-10-13(11-14)12-15-13/h11H,2-10,12H2,1H3. The van der Waals surface area contributed by atoms with E-state index < -0.39 is 0 Å². The normalized spacial score (nSPS) is 24.1. The molecule has 1 aliphatic heterocycles. The highest BCUT2D eigenvalue weighted by atomic mass is 16.6. The molecule has 1 unspecified atom stereocenters. The molecule has 0 N–H and O–H groups in total. The van der Waals surface area contributed by atoms with Crippen molar-refractivity contribution in [1.82, 2.24) is 0 Å². The number of hydrogen-bond acceptors (Lipinski definition) is 2. The molecule has 0 aromatic rings. The van der Waals surface area contributed by atoms with E-state index in [1.54, 1.807) is 0 Å². The average Bonchev–Trinajstić information content (AvgIpc) is 3.03. The highest BCUT2D eigenvalue weighted by molar-refractivity contribution is 5.66. The minimum absolute atomic E-state index is 0.345. The maximum Gasteiger partial charge on any atom is 0.154 e. The van der Waals surface area contributed by atoms with Gasteiger partial charge in [-0.25, -0.2) is 0 Å². The molecular weight excluding hydrogens is 188 g/mol. The van der Waals surface area contributed by atoms with Gasteiger partial charge in [-0.15, -0.1) is 0 Å². The number of hydrogen-bond donors (Lipinski definition) is 0. The molecule has 1 aliphatic rings. The number of carbonyl (C=O) groups is 1. The van der Waals surface area contributed by atoms with Crippen molar-refractivity contribution in [3.63, 3.8) is 0 Å². The summed E-state index contributed by atoms with van der Waals surface area (Å²) < 4.78 is 5.14. The molecule has 0 radical (unpaired) electrons. The maximum absolute atomic E-state index is 10.6. The summed E-state index contributed by atoms with van der Waals surface area (Å²) in [5, 5.41) is 0. The second-order valence-corrected chi connectivity index (χ2v) is 4.70. The van der Waals surface area contributed by atoms with E-state index in [4.69, 9.17) is 4.74 Å². The summed E-state index contributed by atoms with van der Waals surface area (Å²) in [6.07, 6.45) is 12.5. The van der Waals surface area contributed by atoms with Crippen molar-refractivity contribution < 1.29 is 9.53 Å². The van der Waals surface area contributed by atoms with Crippen molar-refractivity contribution in [2.75, 3.05) is 6.61 Å². The van der Waals surface area contributed by atoms with Crippen molar-refractivity contribution in [1.29, 1.82) is 0 Å². The van der Waals surface area contributed by atoms with Gasteiger partial charge in [0.25, 0.3) is 0 Å². The van der Waals surface area contributed by atoms with Crippen LogP contribution in [0.2, 0.25) is 0 Å². The van der Waals surface area contributed by atoms with Gasteiger partial charge in [0.2, 0.25) is 0 Å². The number of carbonyl (C=O) groups excluding carboxylic acids is 1. The number of unbranched alkanes of at least 4 members (excludes halogenated alkanes) is 7. The van der Waals surface area contributed by atoms with Crippen LogP contribution in [0.15, 0.2) is 0 Å². The molecule has 2 heteroatoms. The molecule has 0 amide bonds. The van der Waals surface area contributed by atoms with Gasteiger partial charge in [0.15, 0.2) is 6.29 Å². The largest absolute Gasteiger partial charge is 0.362 e. The van der Waals surface area contributed by atoms with E-state index >= 15 is 0 Å². The zero-order valence-corrected chi connectivity index (χ0v) is 9.96. The molecule has 0 spiro atoms. The van der Waals surface area contributed by atoms with E-state index in [1.165, 1.54) is 44.9 Å². The second-order valence-electron chi connectivity index (χ2n) is 4.70. The van der Waals surface area contributed by atoms with Gasteiger partial charge >= 0.3 is 0 Å². The summed E-state index contributed by atoms with van der Waals surface area (Å²) in [6, 6.07) is 0. The Bertz CT molecular complexity index is 173. The number of aldehydes is 1. The van der Waals surface area contributed by atoms with E-state index in [1.807, 2.05) is 0 Å². The zero-order chi connectivity index (χ0) is 11.0. The van der Waals surface area contributed by atoms with E-state index in [0.717, 1.165) is 19.1 Å². The lowest BCUT2D eigenvalue weighted by Gasteiger charge is -2.03. The van der Waals surface area contributed by atoms with Crippen LogP contribution in [0.1, 0.15) is 64.7 Å². The lowest BCUT2D eigenvalue weighted by molar-refractivity contribution is -0.112. The Kier molecular flexibility index (Phi) is 5.92. The van der Waals surface area contributed by atoms with Crippen LogP contribution in [0.4, 0.5) is 0 Å². The SMILES string of the molecule is CCCCCCCCCCC1(C=O)CO1. The van der Waals surface area contributed by atoms with Crippen molar-refractivity contribution >= 4 is 6.29 Å². The zero-order valence-electron chi connectivity index (χ0n) is 9.96. The third-order valence-electron chi connectivity index (χ3n) is 3.18. The molecule has 1 saturated heterocycles. The topological polar surface area (TPSA) is 29.6 Å². The number of rotatable bonds is 10. The minimum atomic E-state index is -0.345. The van der Waals surface area contributed by atoms with Gasteiger partial charge in [0, 0.05) is 0 Å². The molecule has 0 bridgehead atoms. The Labute approximate surface area is 93.4 Å². The average molecular weight is 212 g/mol. The van der Waals surface area contributed by atoms with E-state index in [-0.39, 0.29) is 5.60 Å². The summed E-state index contributed by atoms with van der Waals surface area (Å²) in [7, 11) is 0. The van der Waals surface area contributed by atoms with E-state index in [0.29, 0.717) is 6.61 Å². The Morgan fingerprint density at radius 3 is 2.07 bits per heavy atom. The predicted molar refractivity (Wildman–Crippen MR) is 62.0 cm³/mol. The van der Waals surface area contributed by atoms with Gasteiger partial charge in [-0.3, -0.25) is 0 Å². The van der Waals surface area contributed by atoms with Gasteiger partial charge in [0.05, 0.1) is 6.61 Å². The first-order chi connectivity index (χ1) is 7.33. The quantitative estimate of drug-likeness (QED) is 0.315. The smallest absolute Gasteiger partial charge is 0.154 e. The Balaban J connectivity index is 1.79. The van der Waals surface area contributed by atoms with Gasteiger partial charge in [-0.1, -0.05) is 58.3 Å². The molecule has 1 fully saturated rings. The van der Waals surface area contributed by atoms with Crippen LogP contribution in [-0.4, -0.2) is 18.5 Å². The number of epoxide rings is 1. The fourth-order valence-electron chi connectivity index (χ4n) is 1.92. The van der Waals surface area contributed by atoms with Crippen LogP contribution in [0.3, 0.4) is 0 Å². The third-order valence-corrected chi connectivity index (χ3v) is 3.18. The lowest BCUT2D eigenvalue weighted by Crippen LogP contribution is -2.11. The molecular formula is C13H24O2. The monoisotopic (exact) mass is 212 g/mol. The Hall–Kier alpha value is -0.370. The highest BCUT2D eigenvalue weighted by Crippen LogP contribution is 2.30. The first-order valence-electron chi connectivity index (χ1n) is 6.43.